The average Bonchev–Trinajstić information content (AvgIpc) is 2.23. The monoisotopic (exact) mass is 279 g/mol. The molecular weight excluding hydrogens is 253 g/mol. The number of hydrogen-bond donors (Lipinski definition) is 1. The summed E-state index contributed by atoms with van der Waals surface area (Å²) in [4.78, 5) is 11.8. The summed E-state index contributed by atoms with van der Waals surface area (Å²) in [6.07, 6.45) is 0. The number of carbonyl (C=O) groups is 1. The molecule has 108 valence electrons. The van der Waals surface area contributed by atoms with Crippen molar-refractivity contribution in [3.63, 3.8) is 0 Å². The molecule has 0 aromatic carbocycles. The maximum atomic E-state index is 12.6. The molecule has 0 bridgehead atoms. The normalized spacial score (nSPS) is 17.3. The second-order valence-electron chi connectivity index (χ2n) is 5.56. The van der Waals surface area contributed by atoms with Crippen LogP contribution in [-0.4, -0.2) is 31.4 Å². The molecule has 0 aliphatic heterocycles. The Kier molecular flexibility index (Phi) is 6.55. The van der Waals surface area contributed by atoms with E-state index in [1.165, 1.54) is 7.11 Å². The Morgan fingerprint density at radius 1 is 1.33 bits per heavy atom. The van der Waals surface area contributed by atoms with Gasteiger partial charge in [-0.2, -0.15) is 0 Å². The van der Waals surface area contributed by atoms with Crippen molar-refractivity contribution in [3.05, 3.63) is 0 Å². The van der Waals surface area contributed by atoms with E-state index in [0.717, 1.165) is 0 Å². The van der Waals surface area contributed by atoms with Crippen molar-refractivity contribution in [1.29, 1.82) is 0 Å². The van der Waals surface area contributed by atoms with E-state index in [9.17, 15) is 9.36 Å². The number of methoxy groups -OCH3 is 1. The molecule has 0 aliphatic rings. The number of ether oxygens (including phenoxy) is 1. The molecule has 0 aromatic heterocycles. The molecule has 0 aliphatic carbocycles. The molecule has 2 unspecified atom stereocenters. The lowest BCUT2D eigenvalue weighted by Crippen LogP contribution is -2.46. The van der Waals surface area contributed by atoms with Gasteiger partial charge in [0.2, 0.25) is 0 Å². The SMILES string of the molecule is CCOP(=O)(NC(C(=O)OC)C(C)(C)C)C(C)C. The van der Waals surface area contributed by atoms with Gasteiger partial charge in [-0.3, -0.25) is 9.36 Å². The van der Waals surface area contributed by atoms with Gasteiger partial charge in [0.05, 0.1) is 13.7 Å². The largest absolute Gasteiger partial charge is 0.468 e. The third-order valence-electron chi connectivity index (χ3n) is 2.61. The quantitative estimate of drug-likeness (QED) is 0.598. The van der Waals surface area contributed by atoms with Crippen molar-refractivity contribution < 1.29 is 18.6 Å². The molecule has 0 heterocycles. The molecule has 6 heteroatoms. The molecule has 0 saturated carbocycles. The van der Waals surface area contributed by atoms with Crippen molar-refractivity contribution in [3.8, 4) is 0 Å². The van der Waals surface area contributed by atoms with E-state index in [0.29, 0.717) is 6.61 Å². The third-order valence-corrected chi connectivity index (χ3v) is 5.23. The lowest BCUT2D eigenvalue weighted by atomic mass is 9.87. The molecular formula is C12H26NO4P. The molecule has 1 N–H and O–H groups in total. The zero-order valence-corrected chi connectivity index (χ0v) is 13.3. The number of hydrogen-bond acceptors (Lipinski definition) is 4. The van der Waals surface area contributed by atoms with Crippen LogP contribution >= 0.6 is 7.52 Å². The van der Waals surface area contributed by atoms with Gasteiger partial charge in [0.1, 0.15) is 6.04 Å². The van der Waals surface area contributed by atoms with E-state index in [1.807, 2.05) is 20.8 Å². The molecule has 18 heavy (non-hydrogen) atoms. The number of nitrogens with one attached hydrogen (secondary N) is 1. The lowest BCUT2D eigenvalue weighted by Gasteiger charge is -2.33. The highest BCUT2D eigenvalue weighted by atomic mass is 31.2. The van der Waals surface area contributed by atoms with Crippen LogP contribution < -0.4 is 5.09 Å². The third kappa shape index (κ3) is 4.71. The van der Waals surface area contributed by atoms with E-state index < -0.39 is 24.9 Å². The van der Waals surface area contributed by atoms with Gasteiger partial charge in [-0.15, -0.1) is 0 Å². The molecule has 0 rings (SSSR count). The van der Waals surface area contributed by atoms with Gasteiger partial charge in [-0.25, -0.2) is 5.09 Å². The maximum absolute atomic E-state index is 12.6. The minimum Gasteiger partial charge on any atom is -0.468 e. The van der Waals surface area contributed by atoms with Crippen LogP contribution in [0.4, 0.5) is 0 Å². The summed E-state index contributed by atoms with van der Waals surface area (Å²) in [7, 11) is -1.74. The topological polar surface area (TPSA) is 64.6 Å². The highest BCUT2D eigenvalue weighted by Gasteiger charge is 2.39. The van der Waals surface area contributed by atoms with Crippen LogP contribution in [0.5, 0.6) is 0 Å². The van der Waals surface area contributed by atoms with Crippen molar-refractivity contribution in [1.82, 2.24) is 5.09 Å². The molecule has 0 aromatic rings. The standard InChI is InChI=1S/C12H26NO4P/c1-8-17-18(15,9(2)3)13-10(11(14)16-7)12(4,5)6/h9-10H,8H2,1-7H3,(H,13,15). The zero-order valence-electron chi connectivity index (χ0n) is 12.4. The first-order chi connectivity index (χ1) is 8.08. The molecule has 0 saturated heterocycles. The summed E-state index contributed by atoms with van der Waals surface area (Å²) >= 11 is 0. The fourth-order valence-corrected chi connectivity index (χ4v) is 3.33. The van der Waals surface area contributed by atoms with E-state index in [1.54, 1.807) is 20.8 Å². The predicted octanol–water partition coefficient (Wildman–Crippen LogP) is 2.80. The Morgan fingerprint density at radius 3 is 2.11 bits per heavy atom. The van der Waals surface area contributed by atoms with Crippen molar-refractivity contribution in [2.24, 2.45) is 5.41 Å². The minimum absolute atomic E-state index is 0.202. The molecule has 2 atom stereocenters. The van der Waals surface area contributed by atoms with Crippen LogP contribution in [0.1, 0.15) is 41.5 Å². The molecule has 0 radical (unpaired) electrons. The van der Waals surface area contributed by atoms with Gasteiger partial charge in [0.25, 0.3) is 7.52 Å². The Bertz CT molecular complexity index is 323. The second-order valence-corrected chi connectivity index (χ2v) is 8.30. The Morgan fingerprint density at radius 2 is 1.83 bits per heavy atom. The first-order valence-electron chi connectivity index (χ1n) is 6.18. The van der Waals surface area contributed by atoms with E-state index >= 15 is 0 Å². The highest BCUT2D eigenvalue weighted by Crippen LogP contribution is 2.49. The molecule has 0 amide bonds. The van der Waals surface area contributed by atoms with Gasteiger partial charge < -0.3 is 9.26 Å². The molecule has 0 spiro atoms. The van der Waals surface area contributed by atoms with Crippen molar-refractivity contribution >= 4 is 13.5 Å². The Hall–Kier alpha value is -0.380. The predicted molar refractivity (Wildman–Crippen MR) is 72.8 cm³/mol. The minimum atomic E-state index is -3.06. The van der Waals surface area contributed by atoms with Gasteiger partial charge in [0, 0.05) is 5.66 Å². The Labute approximate surface area is 110 Å². The molecule has 0 fully saturated rings. The van der Waals surface area contributed by atoms with E-state index in [4.69, 9.17) is 9.26 Å². The van der Waals surface area contributed by atoms with Crippen LogP contribution in [0.25, 0.3) is 0 Å². The summed E-state index contributed by atoms with van der Waals surface area (Å²) in [5, 5.41) is 2.88. The smallest absolute Gasteiger partial charge is 0.323 e. The van der Waals surface area contributed by atoms with Crippen LogP contribution in [0.2, 0.25) is 0 Å². The average molecular weight is 279 g/mol. The van der Waals surface area contributed by atoms with Gasteiger partial charge >= 0.3 is 5.97 Å². The van der Waals surface area contributed by atoms with E-state index in [-0.39, 0.29) is 5.66 Å². The summed E-state index contributed by atoms with van der Waals surface area (Å²) in [6, 6.07) is -0.665. The number of carbonyl (C=O) groups excluding carboxylic acids is 1. The fraction of sp³-hybridized carbons (Fsp3) is 0.917. The van der Waals surface area contributed by atoms with E-state index in [2.05, 4.69) is 5.09 Å². The summed E-state index contributed by atoms with van der Waals surface area (Å²) in [6.45, 7) is 11.4. The van der Waals surface area contributed by atoms with Crippen LogP contribution in [-0.2, 0) is 18.6 Å². The van der Waals surface area contributed by atoms with Crippen LogP contribution in [0, 0.1) is 5.41 Å². The van der Waals surface area contributed by atoms with Gasteiger partial charge in [-0.1, -0.05) is 34.6 Å². The fourth-order valence-electron chi connectivity index (χ4n) is 1.42. The van der Waals surface area contributed by atoms with Crippen LogP contribution in [0.3, 0.4) is 0 Å². The van der Waals surface area contributed by atoms with Crippen LogP contribution in [0.15, 0.2) is 0 Å². The van der Waals surface area contributed by atoms with Crippen molar-refractivity contribution in [2.45, 2.75) is 53.2 Å². The van der Waals surface area contributed by atoms with Gasteiger partial charge in [0.15, 0.2) is 0 Å². The first-order valence-corrected chi connectivity index (χ1v) is 7.87. The summed E-state index contributed by atoms with van der Waals surface area (Å²) in [5.74, 6) is -0.428. The first kappa shape index (κ1) is 17.6. The van der Waals surface area contributed by atoms with Crippen molar-refractivity contribution in [2.75, 3.05) is 13.7 Å². The van der Waals surface area contributed by atoms with Gasteiger partial charge in [-0.05, 0) is 12.3 Å². The summed E-state index contributed by atoms with van der Waals surface area (Å²) < 4.78 is 22.8. The number of rotatable bonds is 6. The number of esters is 1. The maximum Gasteiger partial charge on any atom is 0.323 e. The zero-order chi connectivity index (χ0) is 14.6. The lowest BCUT2D eigenvalue weighted by molar-refractivity contribution is -0.145. The summed E-state index contributed by atoms with van der Waals surface area (Å²) in [5.41, 5.74) is -0.610. The molecule has 5 nitrogen and oxygen atoms in total. The Balaban J connectivity index is 5.18. The second kappa shape index (κ2) is 6.69. The highest BCUT2D eigenvalue weighted by molar-refractivity contribution is 7.57.